The lowest BCUT2D eigenvalue weighted by molar-refractivity contribution is 1.08. The molecule has 0 aliphatic carbocycles. The molecule has 3 heterocycles. The summed E-state index contributed by atoms with van der Waals surface area (Å²) in [5.41, 5.74) is 7.12. The van der Waals surface area contributed by atoms with Crippen LogP contribution in [0.5, 0.6) is 0 Å². The lowest BCUT2D eigenvalue weighted by atomic mass is 10.0. The number of rotatable bonds is 4. The van der Waals surface area contributed by atoms with Crippen LogP contribution in [0, 0.1) is 6.92 Å². The summed E-state index contributed by atoms with van der Waals surface area (Å²) in [5.74, 6) is 0.756. The van der Waals surface area contributed by atoms with E-state index in [1.807, 2.05) is 6.07 Å². The van der Waals surface area contributed by atoms with Gasteiger partial charge in [0.05, 0.1) is 17.5 Å². The molecule has 0 amide bonds. The molecule has 0 radical (unpaired) electrons. The lowest BCUT2D eigenvalue weighted by Gasteiger charge is -2.12. The minimum absolute atomic E-state index is 0.688. The van der Waals surface area contributed by atoms with Crippen molar-refractivity contribution in [3.05, 3.63) is 78.4 Å². The van der Waals surface area contributed by atoms with Crippen molar-refractivity contribution in [2.45, 2.75) is 17.7 Å². The molecule has 5 rings (SSSR count). The fourth-order valence-corrected chi connectivity index (χ4v) is 4.27. The molecule has 0 saturated carbocycles. The van der Waals surface area contributed by atoms with Gasteiger partial charge in [0.1, 0.15) is 16.9 Å². The van der Waals surface area contributed by atoms with E-state index < -0.39 is 0 Å². The zero-order valence-corrected chi connectivity index (χ0v) is 16.1. The van der Waals surface area contributed by atoms with Crippen molar-refractivity contribution >= 4 is 33.8 Å². The smallest absolute Gasteiger partial charge is 0.181 e. The van der Waals surface area contributed by atoms with Crippen LogP contribution in [0.15, 0.2) is 72.3 Å². The molecular formula is C22H17N5S. The molecule has 5 nitrogen and oxygen atoms in total. The van der Waals surface area contributed by atoms with Crippen molar-refractivity contribution in [1.29, 1.82) is 0 Å². The summed E-state index contributed by atoms with van der Waals surface area (Å²) in [4.78, 5) is 21.0. The summed E-state index contributed by atoms with van der Waals surface area (Å²) in [6.07, 6.45) is 3.21. The molecule has 3 aromatic heterocycles. The maximum atomic E-state index is 5.04. The van der Waals surface area contributed by atoms with Crippen LogP contribution < -0.4 is 0 Å². The highest BCUT2D eigenvalue weighted by Gasteiger charge is 2.13. The Bertz CT molecular complexity index is 1280. The Morgan fingerprint density at radius 1 is 0.964 bits per heavy atom. The molecule has 0 atom stereocenters. The van der Waals surface area contributed by atoms with E-state index in [0.717, 1.165) is 38.5 Å². The molecule has 0 bridgehead atoms. The van der Waals surface area contributed by atoms with Crippen molar-refractivity contribution in [3.63, 3.8) is 0 Å². The molecule has 28 heavy (non-hydrogen) atoms. The number of aromatic nitrogens is 5. The molecule has 1 N–H and O–H groups in total. The lowest BCUT2D eigenvalue weighted by Crippen LogP contribution is -1.96. The summed E-state index contributed by atoms with van der Waals surface area (Å²) < 4.78 is 0. The molecule has 0 saturated heterocycles. The molecule has 6 heteroatoms. The highest BCUT2D eigenvalue weighted by Crippen LogP contribution is 2.32. The summed E-state index contributed by atoms with van der Waals surface area (Å²) in [6.45, 7) is 2.11. The Kier molecular flexibility index (Phi) is 4.25. The first-order chi connectivity index (χ1) is 13.8. The highest BCUT2D eigenvalue weighted by atomic mass is 32.2. The first-order valence-electron chi connectivity index (χ1n) is 9.01. The fourth-order valence-electron chi connectivity index (χ4n) is 3.34. The number of fused-ring (bicyclic) bond motifs is 2. The second-order valence-electron chi connectivity index (χ2n) is 6.58. The van der Waals surface area contributed by atoms with Crippen LogP contribution in [0.1, 0.15) is 11.1 Å². The maximum absolute atomic E-state index is 5.04. The van der Waals surface area contributed by atoms with Gasteiger partial charge in [-0.3, -0.25) is 0 Å². The predicted octanol–water partition coefficient (Wildman–Crippen LogP) is 5.17. The maximum Gasteiger partial charge on any atom is 0.181 e. The topological polar surface area (TPSA) is 67.3 Å². The Morgan fingerprint density at radius 2 is 1.86 bits per heavy atom. The molecular weight excluding hydrogens is 366 g/mol. The van der Waals surface area contributed by atoms with E-state index in [4.69, 9.17) is 4.98 Å². The van der Waals surface area contributed by atoms with Gasteiger partial charge in [-0.15, -0.1) is 0 Å². The van der Waals surface area contributed by atoms with Gasteiger partial charge in [0.2, 0.25) is 0 Å². The number of aryl methyl sites for hydroxylation is 1. The number of hydrogen-bond donors (Lipinski definition) is 1. The quantitative estimate of drug-likeness (QED) is 0.343. The van der Waals surface area contributed by atoms with Crippen molar-refractivity contribution in [3.8, 4) is 11.3 Å². The number of aromatic amines is 1. The normalized spacial score (nSPS) is 11.3. The van der Waals surface area contributed by atoms with Crippen molar-refractivity contribution in [1.82, 2.24) is 24.9 Å². The largest absolute Gasteiger partial charge is 0.341 e. The zero-order valence-electron chi connectivity index (χ0n) is 15.3. The molecule has 0 aliphatic heterocycles. The minimum atomic E-state index is 0.688. The van der Waals surface area contributed by atoms with Gasteiger partial charge in [0.15, 0.2) is 5.65 Å². The number of nitrogens with one attached hydrogen (secondary N) is 1. The van der Waals surface area contributed by atoms with Crippen LogP contribution in [0.2, 0.25) is 0 Å². The second kappa shape index (κ2) is 7.05. The van der Waals surface area contributed by atoms with Gasteiger partial charge in [-0.1, -0.05) is 60.3 Å². The first-order valence-corrected chi connectivity index (χ1v) is 10.00. The zero-order chi connectivity index (χ0) is 18.9. The molecule has 0 aliphatic rings. The van der Waals surface area contributed by atoms with Crippen molar-refractivity contribution in [2.24, 2.45) is 0 Å². The Morgan fingerprint density at radius 3 is 2.75 bits per heavy atom. The van der Waals surface area contributed by atoms with Crippen molar-refractivity contribution in [2.75, 3.05) is 0 Å². The van der Waals surface area contributed by atoms with Crippen LogP contribution in [0.4, 0.5) is 0 Å². The number of para-hydroxylation sites is 1. The number of hydrogen-bond acceptors (Lipinski definition) is 5. The third-order valence-corrected chi connectivity index (χ3v) is 5.76. The van der Waals surface area contributed by atoms with Crippen LogP contribution in [-0.2, 0) is 5.75 Å². The van der Waals surface area contributed by atoms with Gasteiger partial charge < -0.3 is 4.98 Å². The van der Waals surface area contributed by atoms with Gasteiger partial charge in [-0.2, -0.15) is 0 Å². The standard InChI is InChI=1S/C22H17N5S/c1-14-6-5-9-16-10-17(19(27-18(14)16)15-7-3-2-4-8-15)11-28-22-20-21(24-12-23-20)25-13-26-22/h2-10,12-13H,11H2,1H3,(H,23,24,25,26). The van der Waals surface area contributed by atoms with Crippen LogP contribution in [-0.4, -0.2) is 24.9 Å². The first kappa shape index (κ1) is 16.9. The third-order valence-electron chi connectivity index (χ3n) is 4.73. The minimum Gasteiger partial charge on any atom is -0.341 e. The number of pyridine rings is 1. The highest BCUT2D eigenvalue weighted by molar-refractivity contribution is 7.98. The van der Waals surface area contributed by atoms with Gasteiger partial charge >= 0.3 is 0 Å². The number of thioether (sulfide) groups is 1. The van der Waals surface area contributed by atoms with Gasteiger partial charge in [0, 0.05) is 16.7 Å². The van der Waals surface area contributed by atoms with E-state index >= 15 is 0 Å². The number of nitrogens with zero attached hydrogens (tertiary/aromatic N) is 4. The summed E-state index contributed by atoms with van der Waals surface area (Å²) in [5, 5.41) is 2.05. The van der Waals surface area contributed by atoms with Crippen LogP contribution in [0.25, 0.3) is 33.3 Å². The predicted molar refractivity (Wildman–Crippen MR) is 113 cm³/mol. The number of H-pyrrole nitrogens is 1. The van der Waals surface area contributed by atoms with Crippen LogP contribution in [0.3, 0.4) is 0 Å². The number of imidazole rings is 1. The summed E-state index contributed by atoms with van der Waals surface area (Å²) in [6, 6.07) is 18.9. The molecule has 0 spiro atoms. The van der Waals surface area contributed by atoms with Gasteiger partial charge in [0.25, 0.3) is 0 Å². The Labute approximate surface area is 166 Å². The third kappa shape index (κ3) is 3.01. The molecule has 2 aromatic carbocycles. The molecule has 0 fully saturated rings. The molecule has 136 valence electrons. The summed E-state index contributed by atoms with van der Waals surface area (Å²) >= 11 is 1.67. The van der Waals surface area contributed by atoms with Gasteiger partial charge in [-0.05, 0) is 24.1 Å². The molecule has 0 unspecified atom stereocenters. The van der Waals surface area contributed by atoms with Crippen LogP contribution >= 0.6 is 11.8 Å². The van der Waals surface area contributed by atoms with E-state index in [2.05, 4.69) is 75.4 Å². The van der Waals surface area contributed by atoms with E-state index in [1.54, 1.807) is 24.4 Å². The SMILES string of the molecule is Cc1cccc2cc(CSc3ncnc4nc[nH]c34)c(-c3ccccc3)nc12. The fraction of sp³-hybridized carbons (Fsp3) is 0.0909. The second-order valence-corrected chi connectivity index (χ2v) is 7.54. The summed E-state index contributed by atoms with van der Waals surface area (Å²) in [7, 11) is 0. The monoisotopic (exact) mass is 383 g/mol. The van der Waals surface area contributed by atoms with E-state index in [-0.39, 0.29) is 0 Å². The van der Waals surface area contributed by atoms with Crippen molar-refractivity contribution < 1.29 is 0 Å². The van der Waals surface area contributed by atoms with Gasteiger partial charge in [-0.25, -0.2) is 19.9 Å². The molecule has 5 aromatic rings. The average Bonchev–Trinajstić information content (AvgIpc) is 3.22. The van der Waals surface area contributed by atoms with E-state index in [1.165, 1.54) is 11.1 Å². The Hall–Kier alpha value is -3.25. The van der Waals surface area contributed by atoms with E-state index in [9.17, 15) is 0 Å². The Balaban J connectivity index is 1.60. The average molecular weight is 383 g/mol. The van der Waals surface area contributed by atoms with E-state index in [0.29, 0.717) is 5.65 Å². The number of benzene rings is 2.